The first-order valence-electron chi connectivity index (χ1n) is 10.8. The highest BCUT2D eigenvalue weighted by Crippen LogP contribution is 2.35. The summed E-state index contributed by atoms with van der Waals surface area (Å²) < 4.78 is 15.3. The summed E-state index contributed by atoms with van der Waals surface area (Å²) in [5.41, 5.74) is 1.66. The van der Waals surface area contributed by atoms with Crippen LogP contribution in [0.15, 0.2) is 36.9 Å². The minimum Gasteiger partial charge on any atom is -0.391 e. The average Bonchev–Trinajstić information content (AvgIpc) is 3.42. The molecule has 31 heavy (non-hydrogen) atoms. The molecule has 1 amide bonds. The van der Waals surface area contributed by atoms with Crippen molar-refractivity contribution in [2.45, 2.75) is 56.7 Å². The number of rotatable bonds is 4. The van der Waals surface area contributed by atoms with Crippen LogP contribution in [0.5, 0.6) is 0 Å². The van der Waals surface area contributed by atoms with Crippen LogP contribution >= 0.6 is 0 Å². The molecule has 9 heteroatoms. The number of amides is 1. The number of anilines is 1. The first-order chi connectivity index (χ1) is 15.1. The van der Waals surface area contributed by atoms with E-state index in [1.165, 1.54) is 18.5 Å². The van der Waals surface area contributed by atoms with Gasteiger partial charge >= 0.3 is 0 Å². The summed E-state index contributed by atoms with van der Waals surface area (Å²) in [5.74, 6) is 0.0804. The van der Waals surface area contributed by atoms with Gasteiger partial charge in [0.1, 0.15) is 17.2 Å². The summed E-state index contributed by atoms with van der Waals surface area (Å²) in [6.45, 7) is 0.786. The predicted octanol–water partition coefficient (Wildman–Crippen LogP) is 2.64. The monoisotopic (exact) mass is 424 g/mol. The van der Waals surface area contributed by atoms with E-state index in [4.69, 9.17) is 4.98 Å². The number of fused-ring (bicyclic) bond motifs is 1. The Balaban J connectivity index is 1.42. The summed E-state index contributed by atoms with van der Waals surface area (Å²) in [7, 11) is 0. The van der Waals surface area contributed by atoms with Crippen LogP contribution in [0.4, 0.5) is 10.2 Å². The lowest BCUT2D eigenvalue weighted by atomic mass is 9.92. The zero-order valence-corrected chi connectivity index (χ0v) is 17.1. The number of carbonyl (C=O) groups is 1. The van der Waals surface area contributed by atoms with Crippen LogP contribution in [0.3, 0.4) is 0 Å². The van der Waals surface area contributed by atoms with Crippen LogP contribution in [0.25, 0.3) is 5.65 Å². The van der Waals surface area contributed by atoms with Gasteiger partial charge in [-0.05, 0) is 43.4 Å². The Morgan fingerprint density at radius 1 is 1.16 bits per heavy atom. The largest absolute Gasteiger partial charge is 0.391 e. The molecular weight excluding hydrogens is 399 g/mol. The van der Waals surface area contributed by atoms with Gasteiger partial charge in [0, 0.05) is 18.9 Å². The second-order valence-electron chi connectivity index (χ2n) is 8.33. The van der Waals surface area contributed by atoms with Gasteiger partial charge in [-0.1, -0.05) is 12.8 Å². The van der Waals surface area contributed by atoms with E-state index in [1.54, 1.807) is 16.9 Å². The fourth-order valence-electron chi connectivity index (χ4n) is 4.70. The van der Waals surface area contributed by atoms with Gasteiger partial charge in [0.15, 0.2) is 5.65 Å². The van der Waals surface area contributed by atoms with Crippen LogP contribution in [-0.2, 0) is 0 Å². The Bertz CT molecular complexity index is 1100. The zero-order valence-electron chi connectivity index (χ0n) is 17.1. The van der Waals surface area contributed by atoms with E-state index in [-0.39, 0.29) is 23.8 Å². The molecular formula is C22H25FN6O2. The Labute approximate surface area is 179 Å². The fraction of sp³-hybridized carbons (Fsp3) is 0.455. The molecule has 4 heterocycles. The summed E-state index contributed by atoms with van der Waals surface area (Å²) in [6, 6.07) is 3.11. The van der Waals surface area contributed by atoms with E-state index in [0.717, 1.165) is 44.2 Å². The van der Waals surface area contributed by atoms with Gasteiger partial charge in [-0.3, -0.25) is 9.78 Å². The van der Waals surface area contributed by atoms with Gasteiger partial charge < -0.3 is 15.3 Å². The maximum atomic E-state index is 13.7. The Kier molecular flexibility index (Phi) is 5.27. The molecule has 3 unspecified atom stereocenters. The van der Waals surface area contributed by atoms with Crippen molar-refractivity contribution in [1.82, 2.24) is 24.9 Å². The van der Waals surface area contributed by atoms with Gasteiger partial charge in [-0.15, -0.1) is 0 Å². The van der Waals surface area contributed by atoms with Crippen molar-refractivity contribution in [3.63, 3.8) is 0 Å². The third kappa shape index (κ3) is 3.85. The number of nitrogens with one attached hydrogen (secondary N) is 1. The maximum Gasteiger partial charge on any atom is 0.257 e. The minimum absolute atomic E-state index is 0.0178. The van der Waals surface area contributed by atoms with Gasteiger partial charge in [-0.25, -0.2) is 13.9 Å². The zero-order chi connectivity index (χ0) is 21.4. The molecule has 3 aromatic rings. The van der Waals surface area contributed by atoms with Crippen molar-refractivity contribution < 1.29 is 14.3 Å². The van der Waals surface area contributed by atoms with Crippen LogP contribution in [0, 0.1) is 5.82 Å². The lowest BCUT2D eigenvalue weighted by Crippen LogP contribution is -2.45. The molecule has 1 aliphatic carbocycles. The molecule has 2 fully saturated rings. The maximum absolute atomic E-state index is 13.7. The number of aromatic nitrogens is 4. The second-order valence-corrected chi connectivity index (χ2v) is 8.33. The number of pyridine rings is 1. The molecule has 3 atom stereocenters. The minimum atomic E-state index is -0.520. The Morgan fingerprint density at radius 2 is 2.03 bits per heavy atom. The number of hydrogen-bond donors (Lipinski definition) is 2. The van der Waals surface area contributed by atoms with E-state index in [2.05, 4.69) is 20.3 Å². The lowest BCUT2D eigenvalue weighted by Gasteiger charge is -2.28. The molecule has 0 aromatic carbocycles. The van der Waals surface area contributed by atoms with E-state index < -0.39 is 6.10 Å². The lowest BCUT2D eigenvalue weighted by molar-refractivity contribution is 0.0718. The number of nitrogens with zero attached hydrogens (tertiary/aromatic N) is 5. The van der Waals surface area contributed by atoms with Gasteiger partial charge in [0.05, 0.1) is 30.6 Å². The molecule has 3 aromatic heterocycles. The Morgan fingerprint density at radius 3 is 2.87 bits per heavy atom. The summed E-state index contributed by atoms with van der Waals surface area (Å²) in [5, 5.41) is 17.4. The number of halogens is 1. The molecule has 1 aliphatic heterocycles. The molecule has 2 aliphatic rings. The summed E-state index contributed by atoms with van der Waals surface area (Å²) >= 11 is 0. The van der Waals surface area contributed by atoms with Crippen LogP contribution in [0.1, 0.15) is 60.5 Å². The third-order valence-corrected chi connectivity index (χ3v) is 6.30. The second kappa shape index (κ2) is 8.22. The molecule has 0 spiro atoms. The quantitative estimate of drug-likeness (QED) is 0.669. The molecule has 2 N–H and O–H groups in total. The van der Waals surface area contributed by atoms with E-state index >= 15 is 0 Å². The first-order valence-corrected chi connectivity index (χ1v) is 10.8. The molecule has 1 saturated carbocycles. The summed E-state index contributed by atoms with van der Waals surface area (Å²) in [4.78, 5) is 23.8. The van der Waals surface area contributed by atoms with Crippen molar-refractivity contribution in [3.05, 3.63) is 53.9 Å². The van der Waals surface area contributed by atoms with Crippen molar-refractivity contribution in [1.29, 1.82) is 0 Å². The van der Waals surface area contributed by atoms with Crippen molar-refractivity contribution in [2.24, 2.45) is 0 Å². The highest BCUT2D eigenvalue weighted by Gasteiger charge is 2.29. The predicted molar refractivity (Wildman–Crippen MR) is 112 cm³/mol. The SMILES string of the molecule is O=C(NC1CCCCC1O)c1cnn2ccc(N3CCCC3c3cncc(F)c3)nc12. The highest BCUT2D eigenvalue weighted by molar-refractivity contribution is 6.00. The number of carbonyl (C=O) groups excluding carboxylic acids is 1. The van der Waals surface area contributed by atoms with E-state index in [9.17, 15) is 14.3 Å². The van der Waals surface area contributed by atoms with Crippen molar-refractivity contribution >= 4 is 17.4 Å². The van der Waals surface area contributed by atoms with Crippen molar-refractivity contribution in [2.75, 3.05) is 11.4 Å². The Hall–Kier alpha value is -3.07. The first kappa shape index (κ1) is 19.9. The molecule has 162 valence electrons. The smallest absolute Gasteiger partial charge is 0.257 e. The molecule has 0 radical (unpaired) electrons. The molecule has 1 saturated heterocycles. The third-order valence-electron chi connectivity index (χ3n) is 6.30. The fourth-order valence-corrected chi connectivity index (χ4v) is 4.70. The number of aliphatic hydroxyl groups excluding tert-OH is 1. The molecule has 8 nitrogen and oxygen atoms in total. The van der Waals surface area contributed by atoms with Gasteiger partial charge in [-0.2, -0.15) is 5.10 Å². The number of aliphatic hydroxyl groups is 1. The van der Waals surface area contributed by atoms with Gasteiger partial charge in [0.25, 0.3) is 5.91 Å². The van der Waals surface area contributed by atoms with E-state index in [1.807, 2.05) is 6.07 Å². The van der Waals surface area contributed by atoms with Crippen LogP contribution < -0.4 is 10.2 Å². The van der Waals surface area contributed by atoms with E-state index in [0.29, 0.717) is 23.4 Å². The van der Waals surface area contributed by atoms with Crippen molar-refractivity contribution in [3.8, 4) is 0 Å². The molecule has 0 bridgehead atoms. The summed E-state index contributed by atoms with van der Waals surface area (Å²) in [6.07, 6.45) is 10.9. The van der Waals surface area contributed by atoms with Crippen LogP contribution in [0.2, 0.25) is 0 Å². The van der Waals surface area contributed by atoms with Crippen LogP contribution in [-0.4, -0.2) is 49.3 Å². The highest BCUT2D eigenvalue weighted by atomic mass is 19.1. The topological polar surface area (TPSA) is 95.6 Å². The standard InChI is InChI=1S/C22H25FN6O2/c23-15-10-14(11-24-12-15)18-5-3-8-28(18)20-7-9-29-21(27-20)16(13-25-29)22(31)26-17-4-1-2-6-19(17)30/h7,9-13,17-19,30H,1-6,8H2,(H,26,31). The number of hydrogen-bond acceptors (Lipinski definition) is 6. The van der Waals surface area contributed by atoms with Gasteiger partial charge in [0.2, 0.25) is 0 Å². The normalized spacial score (nSPS) is 23.9. The average molecular weight is 424 g/mol. The molecule has 5 rings (SSSR count).